The monoisotopic (exact) mass is 548 g/mol. The van der Waals surface area contributed by atoms with Crippen LogP contribution in [0, 0.1) is 17.8 Å². The van der Waals surface area contributed by atoms with Crippen LogP contribution in [0.4, 0.5) is 0 Å². The molecule has 39 heavy (non-hydrogen) atoms. The number of allylic oxidation sites excluding steroid dienone is 4. The fraction of sp³-hybridized carbons (Fsp3) is 0.657. The van der Waals surface area contributed by atoms with E-state index in [4.69, 9.17) is 4.99 Å². The second-order valence-electron chi connectivity index (χ2n) is 12.3. The van der Waals surface area contributed by atoms with E-state index in [0.29, 0.717) is 12.3 Å². The van der Waals surface area contributed by atoms with Crippen LogP contribution in [-0.2, 0) is 17.6 Å². The van der Waals surface area contributed by atoms with E-state index < -0.39 is 0 Å². The first-order valence-electron chi connectivity index (χ1n) is 15.9. The van der Waals surface area contributed by atoms with Gasteiger partial charge in [0.25, 0.3) is 0 Å². The Labute approximate surface area is 242 Å². The van der Waals surface area contributed by atoms with E-state index in [1.807, 2.05) is 18.7 Å². The molecule has 1 aromatic rings. The average molecular weight is 549 g/mol. The predicted molar refractivity (Wildman–Crippen MR) is 168 cm³/mol. The SMILES string of the molecule is CCC1CCCC(Cc2ccc(CCCC3=CCCC=C(NC(=O)CC4CCCC4)C(C)=N3)c(SC)c2)CC1. The number of rotatable bonds is 11. The van der Waals surface area contributed by atoms with E-state index >= 15 is 0 Å². The van der Waals surface area contributed by atoms with Crippen LogP contribution in [0.1, 0.15) is 121 Å². The van der Waals surface area contributed by atoms with Gasteiger partial charge in [0, 0.05) is 17.0 Å². The van der Waals surface area contributed by atoms with Crippen LogP contribution in [0.2, 0.25) is 0 Å². The third-order valence-corrected chi connectivity index (χ3v) is 10.2. The molecule has 1 N–H and O–H groups in total. The molecule has 3 nitrogen and oxygen atoms in total. The zero-order valence-electron chi connectivity index (χ0n) is 24.9. The van der Waals surface area contributed by atoms with Crippen molar-refractivity contribution >= 4 is 23.4 Å². The van der Waals surface area contributed by atoms with Gasteiger partial charge in [-0.2, -0.15) is 0 Å². The first-order valence-corrected chi connectivity index (χ1v) is 17.2. The number of hydrogen-bond donors (Lipinski definition) is 1. The third-order valence-electron chi connectivity index (χ3n) is 9.36. The minimum absolute atomic E-state index is 0.158. The van der Waals surface area contributed by atoms with E-state index in [-0.39, 0.29) is 5.91 Å². The van der Waals surface area contributed by atoms with Gasteiger partial charge in [0.05, 0.1) is 11.4 Å². The molecule has 0 aromatic heterocycles. The highest BCUT2D eigenvalue weighted by Gasteiger charge is 2.20. The lowest BCUT2D eigenvalue weighted by molar-refractivity contribution is -0.121. The minimum atomic E-state index is 0.158. The third kappa shape index (κ3) is 9.66. The molecule has 1 heterocycles. The molecule has 4 rings (SSSR count). The van der Waals surface area contributed by atoms with Gasteiger partial charge in [-0.15, -0.1) is 11.8 Å². The van der Waals surface area contributed by atoms with Gasteiger partial charge in [-0.3, -0.25) is 9.79 Å². The summed E-state index contributed by atoms with van der Waals surface area (Å²) in [4.78, 5) is 19.1. The fourth-order valence-corrected chi connectivity index (χ4v) is 7.61. The number of hydrogen-bond acceptors (Lipinski definition) is 3. The number of thioether (sulfide) groups is 1. The van der Waals surface area contributed by atoms with Crippen LogP contribution in [0.5, 0.6) is 0 Å². The van der Waals surface area contributed by atoms with Crippen LogP contribution in [0.15, 0.2) is 51.6 Å². The summed E-state index contributed by atoms with van der Waals surface area (Å²) in [7, 11) is 0. The number of benzene rings is 1. The highest BCUT2D eigenvalue weighted by molar-refractivity contribution is 7.98. The molecule has 2 aliphatic carbocycles. The first kappa shape index (κ1) is 30.2. The van der Waals surface area contributed by atoms with Gasteiger partial charge < -0.3 is 5.32 Å². The molecule has 4 heteroatoms. The molecule has 2 fully saturated rings. The quantitative estimate of drug-likeness (QED) is 0.221. The van der Waals surface area contributed by atoms with E-state index in [1.165, 1.54) is 92.3 Å². The summed E-state index contributed by atoms with van der Waals surface area (Å²) in [6, 6.07) is 7.28. The van der Waals surface area contributed by atoms with Crippen molar-refractivity contribution in [2.45, 2.75) is 128 Å². The Hall–Kier alpha value is -1.81. The zero-order valence-corrected chi connectivity index (χ0v) is 25.7. The number of amides is 1. The maximum absolute atomic E-state index is 12.6. The van der Waals surface area contributed by atoms with Crippen LogP contribution >= 0.6 is 11.8 Å². The average Bonchev–Trinajstić information content (AvgIpc) is 3.33. The van der Waals surface area contributed by atoms with Crippen molar-refractivity contribution in [1.82, 2.24) is 5.32 Å². The molecule has 0 saturated heterocycles. The molecule has 2 unspecified atom stereocenters. The molecular weight excluding hydrogens is 496 g/mol. The second-order valence-corrected chi connectivity index (χ2v) is 13.2. The van der Waals surface area contributed by atoms with E-state index in [0.717, 1.165) is 55.3 Å². The predicted octanol–water partition coefficient (Wildman–Crippen LogP) is 9.60. The van der Waals surface area contributed by atoms with Gasteiger partial charge in [0.1, 0.15) is 0 Å². The van der Waals surface area contributed by atoms with Crippen molar-refractivity contribution in [2.24, 2.45) is 22.7 Å². The van der Waals surface area contributed by atoms with Crippen molar-refractivity contribution < 1.29 is 4.79 Å². The van der Waals surface area contributed by atoms with E-state index in [1.54, 1.807) is 0 Å². The van der Waals surface area contributed by atoms with Crippen LogP contribution in [0.3, 0.4) is 0 Å². The molecule has 0 bridgehead atoms. The molecule has 214 valence electrons. The number of carbonyl (C=O) groups excluding carboxylic acids is 1. The van der Waals surface area contributed by atoms with Gasteiger partial charge in [-0.25, -0.2) is 0 Å². The lowest BCUT2D eigenvalue weighted by Crippen LogP contribution is -2.28. The van der Waals surface area contributed by atoms with E-state index in [9.17, 15) is 4.79 Å². The van der Waals surface area contributed by atoms with E-state index in [2.05, 4.69) is 48.8 Å². The highest BCUT2D eigenvalue weighted by atomic mass is 32.2. The number of aliphatic imine (C=N–C) groups is 1. The lowest BCUT2D eigenvalue weighted by Gasteiger charge is -2.17. The first-order chi connectivity index (χ1) is 19.0. The fourth-order valence-electron chi connectivity index (χ4n) is 6.91. The summed E-state index contributed by atoms with van der Waals surface area (Å²) in [5.41, 5.74) is 6.04. The topological polar surface area (TPSA) is 41.5 Å². The number of nitrogens with one attached hydrogen (secondary N) is 1. The number of carbonyl (C=O) groups is 1. The maximum Gasteiger partial charge on any atom is 0.224 e. The maximum atomic E-state index is 12.6. The van der Waals surface area contributed by atoms with Gasteiger partial charge in [-0.05, 0) is 106 Å². The molecule has 3 aliphatic rings. The molecular formula is C35H52N2OS. The van der Waals surface area contributed by atoms with Crippen LogP contribution in [0.25, 0.3) is 0 Å². The number of nitrogens with zero attached hydrogens (tertiary/aromatic N) is 1. The Kier molecular flexibility index (Phi) is 12.2. The summed E-state index contributed by atoms with van der Waals surface area (Å²) in [5, 5.41) is 3.19. The second kappa shape index (κ2) is 15.8. The van der Waals surface area contributed by atoms with Crippen molar-refractivity contribution in [2.75, 3.05) is 6.26 Å². The standard InChI is InChI=1S/C35H52N2OS/c1-4-27-13-9-14-29(20-19-27)23-30-21-22-31(34(24-30)39-3)15-10-17-32-16-7-8-18-33(26(2)36-32)37-35(38)25-28-11-5-6-12-28/h16,18,21-22,24,27-29H,4-15,17,19-20,23,25H2,1-3H3,(H,37,38). The summed E-state index contributed by atoms with van der Waals surface area (Å²) >= 11 is 1.90. The Bertz CT molecular complexity index is 1030. The number of aryl methyl sites for hydroxylation is 1. The Morgan fingerprint density at radius 3 is 2.49 bits per heavy atom. The van der Waals surface area contributed by atoms with Crippen molar-refractivity contribution in [3.8, 4) is 0 Å². The molecule has 2 saturated carbocycles. The molecule has 1 aliphatic heterocycles. The van der Waals surface area contributed by atoms with Crippen molar-refractivity contribution in [3.63, 3.8) is 0 Å². The van der Waals surface area contributed by atoms with Crippen LogP contribution < -0.4 is 5.32 Å². The van der Waals surface area contributed by atoms with Crippen molar-refractivity contribution in [3.05, 3.63) is 52.9 Å². The Morgan fingerprint density at radius 1 is 0.949 bits per heavy atom. The van der Waals surface area contributed by atoms with Crippen molar-refractivity contribution in [1.29, 1.82) is 0 Å². The smallest absolute Gasteiger partial charge is 0.224 e. The summed E-state index contributed by atoms with van der Waals surface area (Å²) < 4.78 is 0. The molecule has 1 amide bonds. The van der Waals surface area contributed by atoms with Gasteiger partial charge >= 0.3 is 0 Å². The lowest BCUT2D eigenvalue weighted by atomic mass is 9.91. The molecule has 1 aromatic carbocycles. The highest BCUT2D eigenvalue weighted by Crippen LogP contribution is 2.33. The summed E-state index contributed by atoms with van der Waals surface area (Å²) in [6.07, 6.45) is 27.1. The largest absolute Gasteiger partial charge is 0.325 e. The Morgan fingerprint density at radius 2 is 1.69 bits per heavy atom. The molecule has 2 atom stereocenters. The molecule has 0 radical (unpaired) electrons. The zero-order chi connectivity index (χ0) is 27.5. The van der Waals surface area contributed by atoms with Gasteiger partial charge in [0.2, 0.25) is 5.91 Å². The minimum Gasteiger partial charge on any atom is -0.325 e. The molecule has 0 spiro atoms. The van der Waals surface area contributed by atoms with Crippen LogP contribution in [-0.4, -0.2) is 17.9 Å². The van der Waals surface area contributed by atoms with Gasteiger partial charge in [0.15, 0.2) is 0 Å². The summed E-state index contributed by atoms with van der Waals surface area (Å²) in [6.45, 7) is 4.41. The summed E-state index contributed by atoms with van der Waals surface area (Å²) in [5.74, 6) is 2.55. The van der Waals surface area contributed by atoms with Gasteiger partial charge in [-0.1, -0.05) is 76.2 Å². The Balaban J connectivity index is 1.28. The normalized spacial score (nSPS) is 22.8.